The summed E-state index contributed by atoms with van der Waals surface area (Å²) in [5.41, 5.74) is 3.71. The third kappa shape index (κ3) is 3.46. The molecule has 0 atom stereocenters. The summed E-state index contributed by atoms with van der Waals surface area (Å²) in [6.07, 6.45) is 6.16. The van der Waals surface area contributed by atoms with Crippen LogP contribution in [0.4, 0.5) is 4.39 Å². The summed E-state index contributed by atoms with van der Waals surface area (Å²) in [7, 11) is 1.47. The lowest BCUT2D eigenvalue weighted by atomic mass is 9.77. The number of rotatable bonds is 4. The van der Waals surface area contributed by atoms with Crippen LogP contribution in [0.25, 0.3) is 11.1 Å². The van der Waals surface area contributed by atoms with E-state index in [9.17, 15) is 9.65 Å². The quantitative estimate of drug-likeness (QED) is 0.641. The number of nitrogens with zero attached hydrogens (tertiary/aromatic N) is 1. The molecule has 0 unspecified atom stereocenters. The molecule has 1 aliphatic rings. The van der Waals surface area contributed by atoms with Gasteiger partial charge in [0.25, 0.3) is 0 Å². The maximum atomic E-state index is 14.4. The molecule has 0 bridgehead atoms. The van der Waals surface area contributed by atoms with Crippen molar-refractivity contribution in [3.63, 3.8) is 0 Å². The van der Waals surface area contributed by atoms with Gasteiger partial charge in [0.05, 0.1) is 18.7 Å². The molecule has 0 aromatic heterocycles. The molecule has 1 aliphatic carbocycles. The van der Waals surface area contributed by atoms with Gasteiger partial charge in [0, 0.05) is 11.1 Å². The van der Waals surface area contributed by atoms with Crippen LogP contribution >= 0.6 is 0 Å². The van der Waals surface area contributed by atoms with Crippen molar-refractivity contribution in [1.29, 1.82) is 5.26 Å². The number of hydrogen-bond acceptors (Lipinski definition) is 2. The number of hydrogen-bond donors (Lipinski definition) is 0. The molecule has 2 nitrogen and oxygen atoms in total. The summed E-state index contributed by atoms with van der Waals surface area (Å²) in [5.74, 6) is 1.21. The van der Waals surface area contributed by atoms with Gasteiger partial charge in [-0.3, -0.25) is 0 Å². The molecule has 136 valence electrons. The minimum Gasteiger partial charge on any atom is -0.493 e. The number of aryl methyl sites for hydroxylation is 1. The zero-order valence-corrected chi connectivity index (χ0v) is 15.8. The van der Waals surface area contributed by atoms with Gasteiger partial charge >= 0.3 is 0 Å². The first-order valence-corrected chi connectivity index (χ1v) is 9.46. The van der Waals surface area contributed by atoms with E-state index in [0.29, 0.717) is 22.6 Å². The zero-order chi connectivity index (χ0) is 18.7. The first kappa shape index (κ1) is 18.5. The monoisotopic (exact) mass is 351 g/mol. The summed E-state index contributed by atoms with van der Waals surface area (Å²) in [4.78, 5) is 0. The standard InChI is InChI=1S/C23H26FNO/c1-4-16-6-8-17(9-7-16)18-10-12-20(19(13-18)14-25)21-11-5-15(2)22(24)23(21)26-3/h5,10-13,16-17H,4,6-9H2,1-3H3. The smallest absolute Gasteiger partial charge is 0.168 e. The van der Waals surface area contributed by atoms with Gasteiger partial charge in [0.15, 0.2) is 11.6 Å². The molecule has 0 heterocycles. The number of halogens is 1. The van der Waals surface area contributed by atoms with Gasteiger partial charge < -0.3 is 4.74 Å². The molecule has 2 aromatic rings. The summed E-state index contributed by atoms with van der Waals surface area (Å²) in [6.45, 7) is 3.98. The molecule has 0 N–H and O–H groups in total. The number of nitriles is 1. The molecule has 1 fully saturated rings. The molecule has 3 heteroatoms. The predicted octanol–water partition coefficient (Wildman–Crippen LogP) is 6.37. The minimum absolute atomic E-state index is 0.206. The minimum atomic E-state index is -0.365. The molecular weight excluding hydrogens is 325 g/mol. The van der Waals surface area contributed by atoms with Crippen molar-refractivity contribution < 1.29 is 9.13 Å². The van der Waals surface area contributed by atoms with E-state index in [1.54, 1.807) is 13.0 Å². The molecule has 0 aliphatic heterocycles. The third-order valence-electron chi connectivity index (χ3n) is 5.84. The molecule has 0 amide bonds. The van der Waals surface area contributed by atoms with Crippen LogP contribution in [-0.4, -0.2) is 7.11 Å². The maximum absolute atomic E-state index is 14.4. The van der Waals surface area contributed by atoms with Crippen molar-refractivity contribution in [2.75, 3.05) is 7.11 Å². The van der Waals surface area contributed by atoms with E-state index >= 15 is 0 Å². The first-order valence-electron chi connectivity index (χ1n) is 9.46. The van der Waals surface area contributed by atoms with E-state index in [-0.39, 0.29) is 11.6 Å². The molecule has 2 aromatic carbocycles. The Kier molecular flexibility index (Phi) is 5.61. The lowest BCUT2D eigenvalue weighted by Crippen LogP contribution is -2.12. The number of methoxy groups -OCH3 is 1. The normalized spacial score (nSPS) is 19.8. The van der Waals surface area contributed by atoms with Crippen LogP contribution in [0.15, 0.2) is 30.3 Å². The number of benzene rings is 2. The molecule has 0 radical (unpaired) electrons. The van der Waals surface area contributed by atoms with E-state index in [0.717, 1.165) is 11.5 Å². The highest BCUT2D eigenvalue weighted by atomic mass is 19.1. The summed E-state index contributed by atoms with van der Waals surface area (Å²) < 4.78 is 19.7. The lowest BCUT2D eigenvalue weighted by Gasteiger charge is -2.28. The first-order chi connectivity index (χ1) is 12.6. The summed E-state index contributed by atoms with van der Waals surface area (Å²) in [5, 5.41) is 9.69. The fourth-order valence-corrected chi connectivity index (χ4v) is 4.11. The lowest BCUT2D eigenvalue weighted by molar-refractivity contribution is 0.319. The summed E-state index contributed by atoms with van der Waals surface area (Å²) >= 11 is 0. The fraction of sp³-hybridized carbons (Fsp3) is 0.435. The van der Waals surface area contributed by atoms with Crippen LogP contribution in [-0.2, 0) is 0 Å². The second kappa shape index (κ2) is 7.91. The molecular formula is C23H26FNO. The highest BCUT2D eigenvalue weighted by molar-refractivity contribution is 5.76. The Morgan fingerprint density at radius 3 is 2.42 bits per heavy atom. The molecule has 0 spiro atoms. The van der Waals surface area contributed by atoms with Gasteiger partial charge in [-0.25, -0.2) is 4.39 Å². The van der Waals surface area contributed by atoms with Crippen molar-refractivity contribution in [2.24, 2.45) is 5.92 Å². The van der Waals surface area contributed by atoms with Gasteiger partial charge in [0.1, 0.15) is 0 Å². The fourth-order valence-electron chi connectivity index (χ4n) is 4.11. The average Bonchev–Trinajstić information content (AvgIpc) is 2.69. The van der Waals surface area contributed by atoms with E-state index in [4.69, 9.17) is 4.74 Å². The van der Waals surface area contributed by atoms with Crippen LogP contribution in [0.5, 0.6) is 5.75 Å². The van der Waals surface area contributed by atoms with E-state index < -0.39 is 0 Å². The van der Waals surface area contributed by atoms with Crippen molar-refractivity contribution in [2.45, 2.75) is 51.9 Å². The second-order valence-corrected chi connectivity index (χ2v) is 7.32. The maximum Gasteiger partial charge on any atom is 0.168 e. The van der Waals surface area contributed by atoms with Crippen LogP contribution < -0.4 is 4.74 Å². The van der Waals surface area contributed by atoms with Gasteiger partial charge in [-0.1, -0.05) is 37.6 Å². The Hall–Kier alpha value is -2.34. The Morgan fingerprint density at radius 2 is 1.81 bits per heavy atom. The molecule has 0 saturated heterocycles. The summed E-state index contributed by atoms with van der Waals surface area (Å²) in [6, 6.07) is 11.9. The van der Waals surface area contributed by atoms with Crippen molar-refractivity contribution in [3.05, 3.63) is 52.8 Å². The zero-order valence-electron chi connectivity index (χ0n) is 15.8. The Bertz CT molecular complexity index is 829. The van der Waals surface area contributed by atoms with Crippen molar-refractivity contribution in [1.82, 2.24) is 0 Å². The van der Waals surface area contributed by atoms with Gasteiger partial charge in [-0.15, -0.1) is 0 Å². The Morgan fingerprint density at radius 1 is 1.12 bits per heavy atom. The van der Waals surface area contributed by atoms with Gasteiger partial charge in [-0.2, -0.15) is 5.26 Å². The number of ether oxygens (including phenoxy) is 1. The predicted molar refractivity (Wildman–Crippen MR) is 103 cm³/mol. The van der Waals surface area contributed by atoms with Crippen molar-refractivity contribution >= 4 is 0 Å². The Labute approximate surface area is 155 Å². The van der Waals surface area contributed by atoms with E-state index in [1.165, 1.54) is 44.8 Å². The van der Waals surface area contributed by atoms with Crippen LogP contribution in [0, 0.1) is 30.0 Å². The SMILES string of the molecule is CCC1CCC(c2ccc(-c3ccc(C)c(F)c3OC)c(C#N)c2)CC1. The van der Waals surface area contributed by atoms with Crippen LogP contribution in [0.2, 0.25) is 0 Å². The van der Waals surface area contributed by atoms with Gasteiger partial charge in [0.2, 0.25) is 0 Å². The highest BCUT2D eigenvalue weighted by Crippen LogP contribution is 2.40. The average molecular weight is 351 g/mol. The topological polar surface area (TPSA) is 33.0 Å². The van der Waals surface area contributed by atoms with Crippen LogP contribution in [0.3, 0.4) is 0 Å². The molecule has 26 heavy (non-hydrogen) atoms. The molecule has 3 rings (SSSR count). The highest BCUT2D eigenvalue weighted by Gasteiger charge is 2.23. The van der Waals surface area contributed by atoms with E-state index in [2.05, 4.69) is 19.1 Å². The molecule has 1 saturated carbocycles. The van der Waals surface area contributed by atoms with Crippen LogP contribution in [0.1, 0.15) is 61.6 Å². The second-order valence-electron chi connectivity index (χ2n) is 7.32. The van der Waals surface area contributed by atoms with Crippen molar-refractivity contribution in [3.8, 4) is 22.9 Å². The largest absolute Gasteiger partial charge is 0.493 e. The van der Waals surface area contributed by atoms with Gasteiger partial charge in [-0.05, 0) is 61.6 Å². The third-order valence-corrected chi connectivity index (χ3v) is 5.84. The van der Waals surface area contributed by atoms with E-state index in [1.807, 2.05) is 18.2 Å². The Balaban J connectivity index is 1.96.